The molecule has 0 saturated carbocycles. The van der Waals surface area contributed by atoms with Crippen molar-refractivity contribution in [3.8, 4) is 0 Å². The van der Waals surface area contributed by atoms with Gasteiger partial charge in [-0.2, -0.15) is 0 Å². The third kappa shape index (κ3) is 3.11. The second-order valence-corrected chi connectivity index (χ2v) is 5.31. The largest absolute Gasteiger partial charge is 0.447 e. The fraction of sp³-hybridized carbons (Fsp3) is 0.235. The quantitative estimate of drug-likeness (QED) is 0.923. The molecule has 3 rings (SSSR count). The zero-order valence-corrected chi connectivity index (χ0v) is 12.6. The molecular weight excluding hydrogens is 302 g/mol. The van der Waals surface area contributed by atoms with Gasteiger partial charge >= 0.3 is 6.09 Å². The van der Waals surface area contributed by atoms with E-state index in [0.717, 1.165) is 5.69 Å². The van der Waals surface area contributed by atoms with Crippen molar-refractivity contribution >= 4 is 17.5 Å². The van der Waals surface area contributed by atoms with Crippen LogP contribution in [0.1, 0.15) is 18.5 Å². The van der Waals surface area contributed by atoms with Crippen LogP contribution in [-0.4, -0.2) is 19.2 Å². The van der Waals surface area contributed by atoms with Crippen LogP contribution in [0.15, 0.2) is 42.5 Å². The summed E-state index contributed by atoms with van der Waals surface area (Å²) in [5, 5.41) is 3.05. The minimum atomic E-state index is -0.582. The molecule has 0 aliphatic carbocycles. The van der Waals surface area contributed by atoms with Crippen molar-refractivity contribution in [2.24, 2.45) is 0 Å². The fourth-order valence-corrected chi connectivity index (χ4v) is 2.61. The molecule has 0 bridgehead atoms. The average molecular weight is 318 g/mol. The number of hydrogen-bond donors (Lipinski definition) is 1. The van der Waals surface area contributed by atoms with Crippen molar-refractivity contribution in [1.82, 2.24) is 0 Å². The van der Waals surface area contributed by atoms with Gasteiger partial charge in [-0.3, -0.25) is 4.90 Å². The van der Waals surface area contributed by atoms with E-state index in [-0.39, 0.29) is 11.7 Å². The molecule has 0 spiro atoms. The van der Waals surface area contributed by atoms with Gasteiger partial charge in [0, 0.05) is 16.9 Å². The molecule has 120 valence electrons. The highest BCUT2D eigenvalue weighted by Crippen LogP contribution is 2.26. The first-order chi connectivity index (χ1) is 11.1. The normalized spacial score (nSPS) is 15.4. The Morgan fingerprint density at radius 1 is 1.13 bits per heavy atom. The topological polar surface area (TPSA) is 41.6 Å². The second kappa shape index (κ2) is 6.24. The van der Waals surface area contributed by atoms with Gasteiger partial charge in [-0.25, -0.2) is 13.6 Å². The fourth-order valence-electron chi connectivity index (χ4n) is 2.61. The van der Waals surface area contributed by atoms with Gasteiger partial charge in [0.1, 0.15) is 18.2 Å². The molecule has 4 nitrogen and oxygen atoms in total. The van der Waals surface area contributed by atoms with E-state index in [1.807, 2.05) is 0 Å². The number of halogens is 2. The predicted molar refractivity (Wildman–Crippen MR) is 83.5 cm³/mol. The van der Waals surface area contributed by atoms with Gasteiger partial charge in [-0.05, 0) is 43.3 Å². The molecule has 1 unspecified atom stereocenters. The number of nitrogens with one attached hydrogen (secondary N) is 1. The summed E-state index contributed by atoms with van der Waals surface area (Å²) in [5.74, 6) is -1.16. The number of carbonyl (C=O) groups is 1. The standard InChI is InChI=1S/C17H16F2N2O2/c1-11(16-14(18)3-2-4-15(16)19)20-12-5-7-13(8-6-12)21-9-10-23-17(21)22/h2-8,11,20H,9-10H2,1H3. The summed E-state index contributed by atoms with van der Waals surface area (Å²) >= 11 is 0. The lowest BCUT2D eigenvalue weighted by atomic mass is 10.1. The molecule has 1 fully saturated rings. The van der Waals surface area contributed by atoms with Gasteiger partial charge in [0.15, 0.2) is 0 Å². The van der Waals surface area contributed by atoms with Crippen molar-refractivity contribution in [3.63, 3.8) is 0 Å². The van der Waals surface area contributed by atoms with Crippen molar-refractivity contribution in [2.75, 3.05) is 23.4 Å². The van der Waals surface area contributed by atoms with Crippen LogP contribution in [0.4, 0.5) is 25.0 Å². The number of ether oxygens (including phenoxy) is 1. The zero-order chi connectivity index (χ0) is 16.4. The number of rotatable bonds is 4. The van der Waals surface area contributed by atoms with E-state index in [2.05, 4.69) is 5.32 Å². The van der Waals surface area contributed by atoms with Crippen LogP contribution in [0.3, 0.4) is 0 Å². The SMILES string of the molecule is CC(Nc1ccc(N2CCOC2=O)cc1)c1c(F)cccc1F. The molecule has 2 aromatic carbocycles. The molecule has 0 aromatic heterocycles. The molecule has 0 radical (unpaired) electrons. The maximum Gasteiger partial charge on any atom is 0.414 e. The Labute approximate surface area is 132 Å². The van der Waals surface area contributed by atoms with Crippen molar-refractivity contribution in [1.29, 1.82) is 0 Å². The average Bonchev–Trinajstić information content (AvgIpc) is 2.94. The van der Waals surface area contributed by atoms with E-state index in [0.29, 0.717) is 18.8 Å². The monoisotopic (exact) mass is 318 g/mol. The lowest BCUT2D eigenvalue weighted by molar-refractivity contribution is 0.181. The number of amides is 1. The number of benzene rings is 2. The lowest BCUT2D eigenvalue weighted by Crippen LogP contribution is -2.23. The van der Waals surface area contributed by atoms with Crippen LogP contribution in [-0.2, 0) is 4.74 Å². The van der Waals surface area contributed by atoms with E-state index in [1.165, 1.54) is 23.1 Å². The van der Waals surface area contributed by atoms with Crippen LogP contribution in [0, 0.1) is 11.6 Å². The third-order valence-corrected chi connectivity index (χ3v) is 3.76. The second-order valence-electron chi connectivity index (χ2n) is 5.31. The molecular formula is C17H16F2N2O2. The molecule has 2 aromatic rings. The van der Waals surface area contributed by atoms with E-state index < -0.39 is 17.7 Å². The molecule has 1 N–H and O–H groups in total. The highest BCUT2D eigenvalue weighted by molar-refractivity contribution is 5.89. The number of hydrogen-bond acceptors (Lipinski definition) is 3. The first-order valence-electron chi connectivity index (χ1n) is 7.31. The summed E-state index contributed by atoms with van der Waals surface area (Å²) in [6.07, 6.45) is -0.368. The van der Waals surface area contributed by atoms with Gasteiger partial charge in [0.2, 0.25) is 0 Å². The zero-order valence-electron chi connectivity index (χ0n) is 12.6. The van der Waals surface area contributed by atoms with E-state index in [4.69, 9.17) is 4.74 Å². The number of anilines is 2. The molecule has 6 heteroatoms. The van der Waals surface area contributed by atoms with Crippen LogP contribution in [0.5, 0.6) is 0 Å². The smallest absolute Gasteiger partial charge is 0.414 e. The Balaban J connectivity index is 1.74. The first-order valence-corrected chi connectivity index (χ1v) is 7.31. The van der Waals surface area contributed by atoms with Crippen molar-refractivity contribution in [2.45, 2.75) is 13.0 Å². The van der Waals surface area contributed by atoms with Crippen molar-refractivity contribution < 1.29 is 18.3 Å². The molecule has 1 amide bonds. The number of cyclic esters (lactones) is 1. The minimum absolute atomic E-state index is 0.000280. The molecule has 23 heavy (non-hydrogen) atoms. The maximum atomic E-state index is 13.8. The highest BCUT2D eigenvalue weighted by atomic mass is 19.1. The van der Waals surface area contributed by atoms with Gasteiger partial charge in [0.25, 0.3) is 0 Å². The Morgan fingerprint density at radius 2 is 1.78 bits per heavy atom. The van der Waals surface area contributed by atoms with Gasteiger partial charge in [-0.15, -0.1) is 0 Å². The van der Waals surface area contributed by atoms with Gasteiger partial charge < -0.3 is 10.1 Å². The Kier molecular flexibility index (Phi) is 4.14. The Hall–Kier alpha value is -2.63. The van der Waals surface area contributed by atoms with Gasteiger partial charge in [0.05, 0.1) is 12.6 Å². The predicted octanol–water partition coefficient (Wildman–Crippen LogP) is 4.09. The first kappa shape index (κ1) is 15.3. The van der Waals surface area contributed by atoms with Crippen molar-refractivity contribution in [3.05, 3.63) is 59.7 Å². The highest BCUT2D eigenvalue weighted by Gasteiger charge is 2.23. The van der Waals surface area contributed by atoms with Crippen LogP contribution < -0.4 is 10.2 Å². The lowest BCUT2D eigenvalue weighted by Gasteiger charge is -2.18. The molecule has 1 atom stereocenters. The summed E-state index contributed by atoms with van der Waals surface area (Å²) in [7, 11) is 0. The Bertz CT molecular complexity index is 699. The molecule has 1 saturated heterocycles. The molecule has 1 heterocycles. The summed E-state index contributed by atoms with van der Waals surface area (Å²) in [6, 6.07) is 10.3. The molecule has 1 aliphatic heterocycles. The van der Waals surface area contributed by atoms with Gasteiger partial charge in [-0.1, -0.05) is 6.07 Å². The van der Waals surface area contributed by atoms with Crippen LogP contribution >= 0.6 is 0 Å². The number of nitrogens with zero attached hydrogens (tertiary/aromatic N) is 1. The van der Waals surface area contributed by atoms with Crippen LogP contribution in [0.25, 0.3) is 0 Å². The number of carbonyl (C=O) groups excluding carboxylic acids is 1. The third-order valence-electron chi connectivity index (χ3n) is 3.76. The van der Waals surface area contributed by atoms with E-state index >= 15 is 0 Å². The minimum Gasteiger partial charge on any atom is -0.447 e. The summed E-state index contributed by atoms with van der Waals surface area (Å²) in [5.41, 5.74) is 1.43. The summed E-state index contributed by atoms with van der Waals surface area (Å²) in [4.78, 5) is 13.0. The molecule has 1 aliphatic rings. The summed E-state index contributed by atoms with van der Waals surface area (Å²) in [6.45, 7) is 2.58. The summed E-state index contributed by atoms with van der Waals surface area (Å²) < 4.78 is 32.4. The Morgan fingerprint density at radius 3 is 2.35 bits per heavy atom. The van der Waals surface area contributed by atoms with Crippen LogP contribution in [0.2, 0.25) is 0 Å². The maximum absolute atomic E-state index is 13.8. The van der Waals surface area contributed by atoms with E-state index in [9.17, 15) is 13.6 Å². The van der Waals surface area contributed by atoms with E-state index in [1.54, 1.807) is 31.2 Å².